The molecule has 0 fully saturated rings. The molecule has 3 aromatic carbocycles. The van der Waals surface area contributed by atoms with Crippen molar-refractivity contribution in [2.75, 3.05) is 5.73 Å². The van der Waals surface area contributed by atoms with Crippen LogP contribution in [0.1, 0.15) is 5.56 Å². The summed E-state index contributed by atoms with van der Waals surface area (Å²) >= 11 is 6.14. The van der Waals surface area contributed by atoms with E-state index >= 15 is 0 Å². The molecule has 1 aromatic heterocycles. The Morgan fingerprint density at radius 1 is 0.917 bits per heavy atom. The third-order valence-corrected chi connectivity index (χ3v) is 4.26. The van der Waals surface area contributed by atoms with Crippen molar-refractivity contribution in [2.45, 2.75) is 6.54 Å². The van der Waals surface area contributed by atoms with Crippen molar-refractivity contribution in [1.82, 2.24) is 9.55 Å². The first-order chi connectivity index (χ1) is 11.7. The summed E-state index contributed by atoms with van der Waals surface area (Å²) in [6.07, 6.45) is 0. The highest BCUT2D eigenvalue weighted by Crippen LogP contribution is 2.27. The van der Waals surface area contributed by atoms with E-state index in [1.807, 2.05) is 60.7 Å². The van der Waals surface area contributed by atoms with E-state index in [4.69, 9.17) is 22.3 Å². The van der Waals surface area contributed by atoms with E-state index < -0.39 is 0 Å². The lowest BCUT2D eigenvalue weighted by molar-refractivity contribution is 0.834. The van der Waals surface area contributed by atoms with Gasteiger partial charge in [0, 0.05) is 22.8 Å². The Morgan fingerprint density at radius 2 is 1.75 bits per heavy atom. The molecule has 2 N–H and O–H groups in total. The van der Waals surface area contributed by atoms with Gasteiger partial charge in [0.05, 0.1) is 11.0 Å². The van der Waals surface area contributed by atoms with Crippen molar-refractivity contribution in [3.63, 3.8) is 0 Å². The Hall–Kier alpha value is -2.78. The average molecular weight is 334 g/mol. The number of rotatable bonds is 3. The summed E-state index contributed by atoms with van der Waals surface area (Å²) in [5, 5.41) is 0.738. The van der Waals surface area contributed by atoms with Gasteiger partial charge in [-0.25, -0.2) is 4.98 Å². The molecule has 0 saturated carbocycles. The molecule has 0 aliphatic heterocycles. The Bertz CT molecular complexity index is 1020. The minimum absolute atomic E-state index is 0.700. The van der Waals surface area contributed by atoms with Crippen LogP contribution in [0.5, 0.6) is 0 Å². The number of hydrogen-bond donors (Lipinski definition) is 1. The number of hydrogen-bond acceptors (Lipinski definition) is 2. The monoisotopic (exact) mass is 333 g/mol. The van der Waals surface area contributed by atoms with Crippen LogP contribution in [0.4, 0.5) is 5.69 Å². The van der Waals surface area contributed by atoms with Crippen LogP contribution in [-0.4, -0.2) is 9.55 Å². The van der Waals surface area contributed by atoms with Gasteiger partial charge in [0.2, 0.25) is 0 Å². The molecule has 0 unspecified atom stereocenters. The third-order valence-electron chi connectivity index (χ3n) is 4.03. The van der Waals surface area contributed by atoms with Gasteiger partial charge in [0.25, 0.3) is 0 Å². The molecular weight excluding hydrogens is 318 g/mol. The fourth-order valence-electron chi connectivity index (χ4n) is 2.95. The molecule has 1 heterocycles. The zero-order valence-corrected chi connectivity index (χ0v) is 13.7. The molecular formula is C20H16ClN3. The Balaban J connectivity index is 1.90. The number of aromatic nitrogens is 2. The van der Waals surface area contributed by atoms with Crippen LogP contribution in [0.15, 0.2) is 72.8 Å². The summed E-state index contributed by atoms with van der Waals surface area (Å²) in [5.74, 6) is 0.906. The number of halogens is 1. The molecule has 0 spiro atoms. The number of nitrogen functional groups attached to an aromatic ring is 1. The molecule has 118 valence electrons. The Morgan fingerprint density at radius 3 is 2.58 bits per heavy atom. The van der Waals surface area contributed by atoms with Crippen LogP contribution in [0.25, 0.3) is 22.4 Å². The summed E-state index contributed by atoms with van der Waals surface area (Å²) in [6, 6.07) is 23.9. The molecule has 0 aliphatic carbocycles. The van der Waals surface area contributed by atoms with E-state index in [1.165, 1.54) is 0 Å². The van der Waals surface area contributed by atoms with Crippen LogP contribution in [0.3, 0.4) is 0 Å². The predicted octanol–water partition coefficient (Wildman–Crippen LogP) is 4.99. The normalized spacial score (nSPS) is 11.0. The SMILES string of the molecule is Nc1cccc(-c2nc3ccccc3n2Cc2cccc(Cl)c2)c1. The van der Waals surface area contributed by atoms with E-state index in [9.17, 15) is 0 Å². The largest absolute Gasteiger partial charge is 0.399 e. The average Bonchev–Trinajstić information content (AvgIpc) is 2.94. The first-order valence-corrected chi connectivity index (χ1v) is 8.14. The first kappa shape index (κ1) is 14.8. The van der Waals surface area contributed by atoms with Gasteiger partial charge in [0.15, 0.2) is 0 Å². The smallest absolute Gasteiger partial charge is 0.141 e. The summed E-state index contributed by atoms with van der Waals surface area (Å²) in [6.45, 7) is 0.700. The van der Waals surface area contributed by atoms with E-state index in [0.29, 0.717) is 6.54 Å². The second-order valence-corrected chi connectivity index (χ2v) is 6.20. The van der Waals surface area contributed by atoms with E-state index in [1.54, 1.807) is 0 Å². The molecule has 4 aromatic rings. The highest BCUT2D eigenvalue weighted by molar-refractivity contribution is 6.30. The molecule has 4 heteroatoms. The van der Waals surface area contributed by atoms with Crippen LogP contribution in [0, 0.1) is 0 Å². The lowest BCUT2D eigenvalue weighted by Crippen LogP contribution is -2.02. The maximum absolute atomic E-state index is 6.14. The molecule has 0 amide bonds. The van der Waals surface area contributed by atoms with Gasteiger partial charge < -0.3 is 10.3 Å². The van der Waals surface area contributed by atoms with Crippen molar-refractivity contribution in [2.24, 2.45) is 0 Å². The number of benzene rings is 3. The fraction of sp³-hybridized carbons (Fsp3) is 0.0500. The summed E-state index contributed by atoms with van der Waals surface area (Å²) in [4.78, 5) is 4.82. The van der Waals surface area contributed by atoms with Gasteiger partial charge >= 0.3 is 0 Å². The second-order valence-electron chi connectivity index (χ2n) is 5.77. The summed E-state index contributed by atoms with van der Waals surface area (Å²) in [7, 11) is 0. The molecule has 0 radical (unpaired) electrons. The lowest BCUT2D eigenvalue weighted by Gasteiger charge is -2.10. The topological polar surface area (TPSA) is 43.8 Å². The molecule has 3 nitrogen and oxygen atoms in total. The molecule has 0 bridgehead atoms. The summed E-state index contributed by atoms with van der Waals surface area (Å²) < 4.78 is 2.20. The lowest BCUT2D eigenvalue weighted by atomic mass is 10.1. The maximum atomic E-state index is 6.14. The number of nitrogens with zero attached hydrogens (tertiary/aromatic N) is 2. The molecule has 0 aliphatic rings. The number of imidazole rings is 1. The van der Waals surface area contributed by atoms with E-state index in [2.05, 4.69) is 16.7 Å². The van der Waals surface area contributed by atoms with Crippen LogP contribution in [0.2, 0.25) is 5.02 Å². The molecule has 0 saturated heterocycles. The number of nitrogens with two attached hydrogens (primary N) is 1. The van der Waals surface area contributed by atoms with Gasteiger partial charge in [-0.2, -0.15) is 0 Å². The first-order valence-electron chi connectivity index (χ1n) is 7.76. The maximum Gasteiger partial charge on any atom is 0.141 e. The highest BCUT2D eigenvalue weighted by atomic mass is 35.5. The third kappa shape index (κ3) is 2.74. The van der Waals surface area contributed by atoms with Crippen molar-refractivity contribution >= 4 is 28.3 Å². The van der Waals surface area contributed by atoms with Crippen molar-refractivity contribution in [3.8, 4) is 11.4 Å². The van der Waals surface area contributed by atoms with Crippen molar-refractivity contribution in [3.05, 3.63) is 83.4 Å². The van der Waals surface area contributed by atoms with Gasteiger partial charge in [-0.15, -0.1) is 0 Å². The fourth-order valence-corrected chi connectivity index (χ4v) is 3.16. The van der Waals surface area contributed by atoms with Crippen LogP contribution >= 0.6 is 11.6 Å². The van der Waals surface area contributed by atoms with E-state index in [0.717, 1.165) is 38.7 Å². The van der Waals surface area contributed by atoms with Gasteiger partial charge in [-0.05, 0) is 42.0 Å². The highest BCUT2D eigenvalue weighted by Gasteiger charge is 2.13. The molecule has 4 rings (SSSR count). The Labute approximate surface area is 145 Å². The number of para-hydroxylation sites is 2. The standard InChI is InChI=1S/C20H16ClN3/c21-16-7-3-5-14(11-16)13-24-19-10-2-1-9-18(19)23-20(24)15-6-4-8-17(22)12-15/h1-12H,13,22H2. The number of anilines is 1. The van der Waals surface area contributed by atoms with Crippen LogP contribution < -0.4 is 5.73 Å². The van der Waals surface area contributed by atoms with Gasteiger partial charge in [-0.3, -0.25) is 0 Å². The Kier molecular flexibility index (Phi) is 3.71. The zero-order chi connectivity index (χ0) is 16.5. The quantitative estimate of drug-likeness (QED) is 0.537. The minimum atomic E-state index is 0.700. The summed E-state index contributed by atoms with van der Waals surface area (Å²) in [5.41, 5.74) is 10.9. The van der Waals surface area contributed by atoms with Gasteiger partial charge in [-0.1, -0.05) is 48.0 Å². The molecule has 24 heavy (non-hydrogen) atoms. The molecule has 0 atom stereocenters. The van der Waals surface area contributed by atoms with E-state index in [-0.39, 0.29) is 0 Å². The van der Waals surface area contributed by atoms with Crippen molar-refractivity contribution < 1.29 is 0 Å². The zero-order valence-electron chi connectivity index (χ0n) is 13.0. The van der Waals surface area contributed by atoms with Crippen LogP contribution in [-0.2, 0) is 6.54 Å². The predicted molar refractivity (Wildman–Crippen MR) is 100 cm³/mol. The minimum Gasteiger partial charge on any atom is -0.399 e. The second kappa shape index (κ2) is 6.02. The van der Waals surface area contributed by atoms with Gasteiger partial charge in [0.1, 0.15) is 5.82 Å². The van der Waals surface area contributed by atoms with Crippen molar-refractivity contribution in [1.29, 1.82) is 0 Å². The number of fused-ring (bicyclic) bond motifs is 1.